The molecule has 0 aliphatic rings. The van der Waals surface area contributed by atoms with E-state index in [0.29, 0.717) is 22.2 Å². The van der Waals surface area contributed by atoms with Crippen LogP contribution in [0.5, 0.6) is 0 Å². The number of amides is 2. The summed E-state index contributed by atoms with van der Waals surface area (Å²) in [5, 5.41) is 4.55. The van der Waals surface area contributed by atoms with Gasteiger partial charge in [0.2, 0.25) is 0 Å². The molecular formula is C8H14N4O4S3. The zero-order valence-electron chi connectivity index (χ0n) is 10.5. The summed E-state index contributed by atoms with van der Waals surface area (Å²) < 4.78 is 4.34. The first kappa shape index (κ1) is 17.8. The van der Waals surface area contributed by atoms with Gasteiger partial charge in [0.25, 0.3) is 0 Å². The number of rotatable bonds is 6. The van der Waals surface area contributed by atoms with Gasteiger partial charge in [-0.25, -0.2) is 24.5 Å². The number of carbonyl (C=O) groups excluding carboxylic acids is 2. The van der Waals surface area contributed by atoms with E-state index >= 15 is 0 Å². The normalized spacial score (nSPS) is 10.4. The van der Waals surface area contributed by atoms with Gasteiger partial charge in [0.05, 0.1) is 17.2 Å². The van der Waals surface area contributed by atoms with Gasteiger partial charge in [0, 0.05) is 0 Å². The fraction of sp³-hybridized carbons (Fsp3) is 0.375. The molecule has 0 aromatic heterocycles. The summed E-state index contributed by atoms with van der Waals surface area (Å²) in [7, 11) is 0. The Kier molecular flexibility index (Phi) is 10.0. The van der Waals surface area contributed by atoms with Crippen molar-refractivity contribution in [1.82, 2.24) is 14.9 Å². The second-order valence-corrected chi connectivity index (χ2v) is 5.13. The Morgan fingerprint density at radius 1 is 1.16 bits per heavy atom. The zero-order valence-corrected chi connectivity index (χ0v) is 13.0. The molecule has 11 heteroatoms. The molecule has 0 atom stereocenters. The molecule has 19 heavy (non-hydrogen) atoms. The van der Waals surface area contributed by atoms with Crippen LogP contribution >= 0.6 is 35.7 Å². The first-order chi connectivity index (χ1) is 8.99. The lowest BCUT2D eigenvalue weighted by atomic mass is 10.9. The summed E-state index contributed by atoms with van der Waals surface area (Å²) >= 11 is 3.21. The molecule has 2 amide bonds. The summed E-state index contributed by atoms with van der Waals surface area (Å²) in [6.45, 7) is 5.22. The second kappa shape index (κ2) is 10.7. The molecule has 0 saturated carbocycles. The Hall–Kier alpha value is -1.20. The minimum Gasteiger partial charge on any atom is -0.323 e. The van der Waals surface area contributed by atoms with Crippen molar-refractivity contribution < 1.29 is 19.3 Å². The SMILES string of the molecule is C=C(NOC(=O)NSNC(=O)ON=C(C)SC)SC. The first-order valence-corrected chi connectivity index (χ1v) is 7.93. The molecule has 0 fully saturated rings. The Balaban J connectivity index is 3.70. The highest BCUT2D eigenvalue weighted by molar-refractivity contribution is 8.13. The lowest BCUT2D eigenvalue weighted by Crippen LogP contribution is -2.29. The largest absolute Gasteiger partial charge is 0.444 e. The molecule has 0 aliphatic carbocycles. The molecule has 0 aliphatic heterocycles. The van der Waals surface area contributed by atoms with Crippen LogP contribution in [0.2, 0.25) is 0 Å². The van der Waals surface area contributed by atoms with Crippen LogP contribution in [-0.4, -0.2) is 29.7 Å². The summed E-state index contributed by atoms with van der Waals surface area (Å²) in [4.78, 5) is 31.1. The summed E-state index contributed by atoms with van der Waals surface area (Å²) in [6.07, 6.45) is 1.94. The minimum atomic E-state index is -0.819. The van der Waals surface area contributed by atoms with Crippen LogP contribution in [-0.2, 0) is 9.68 Å². The van der Waals surface area contributed by atoms with Crippen molar-refractivity contribution in [1.29, 1.82) is 0 Å². The number of oxime groups is 1. The summed E-state index contributed by atoms with van der Waals surface area (Å²) in [5.41, 5.74) is 2.29. The van der Waals surface area contributed by atoms with Gasteiger partial charge in [0.1, 0.15) is 5.04 Å². The van der Waals surface area contributed by atoms with Gasteiger partial charge in [-0.05, 0) is 19.4 Å². The first-order valence-electron chi connectivity index (χ1n) is 4.66. The molecular weight excluding hydrogens is 312 g/mol. The van der Waals surface area contributed by atoms with Gasteiger partial charge < -0.3 is 4.84 Å². The van der Waals surface area contributed by atoms with E-state index in [0.717, 1.165) is 0 Å². The smallest absolute Gasteiger partial charge is 0.323 e. The van der Waals surface area contributed by atoms with E-state index in [1.54, 1.807) is 19.4 Å². The van der Waals surface area contributed by atoms with Crippen LogP contribution in [0.4, 0.5) is 9.59 Å². The van der Waals surface area contributed by atoms with Crippen LogP contribution in [0.15, 0.2) is 16.8 Å². The molecule has 0 unspecified atom stereocenters. The van der Waals surface area contributed by atoms with E-state index in [2.05, 4.69) is 36.3 Å². The van der Waals surface area contributed by atoms with Crippen LogP contribution < -0.4 is 14.9 Å². The maximum absolute atomic E-state index is 11.1. The van der Waals surface area contributed by atoms with E-state index in [1.807, 2.05) is 0 Å². The molecule has 0 bridgehead atoms. The van der Waals surface area contributed by atoms with Crippen LogP contribution in [0.25, 0.3) is 0 Å². The van der Waals surface area contributed by atoms with Crippen molar-refractivity contribution in [2.24, 2.45) is 5.16 Å². The number of nitrogens with zero attached hydrogens (tertiary/aromatic N) is 1. The van der Waals surface area contributed by atoms with Gasteiger partial charge in [0.15, 0.2) is 0 Å². The topological polar surface area (TPSA) is 101 Å². The fourth-order valence-corrected chi connectivity index (χ4v) is 0.970. The number of hydrogen-bond donors (Lipinski definition) is 3. The average Bonchev–Trinajstić information content (AvgIpc) is 2.41. The highest BCUT2D eigenvalue weighted by atomic mass is 32.2. The molecule has 0 heterocycles. The fourth-order valence-electron chi connectivity index (χ4n) is 0.436. The van der Waals surface area contributed by atoms with E-state index < -0.39 is 12.2 Å². The Labute approximate surface area is 123 Å². The maximum Gasteiger partial charge on any atom is 0.444 e. The van der Waals surface area contributed by atoms with Crippen molar-refractivity contribution >= 4 is 52.9 Å². The van der Waals surface area contributed by atoms with Crippen LogP contribution in [0.1, 0.15) is 6.92 Å². The number of hydroxylamine groups is 1. The minimum absolute atomic E-state index is 0.467. The third-order valence-corrected chi connectivity index (χ3v) is 3.10. The second-order valence-electron chi connectivity index (χ2n) is 2.62. The molecule has 3 N–H and O–H groups in total. The monoisotopic (exact) mass is 326 g/mol. The number of nitrogens with one attached hydrogen (secondary N) is 3. The van der Waals surface area contributed by atoms with Crippen LogP contribution in [0, 0.1) is 0 Å². The Morgan fingerprint density at radius 2 is 1.79 bits per heavy atom. The van der Waals surface area contributed by atoms with Crippen molar-refractivity contribution in [3.63, 3.8) is 0 Å². The third kappa shape index (κ3) is 10.4. The summed E-state index contributed by atoms with van der Waals surface area (Å²) in [5.74, 6) is 0. The Bertz CT molecular complexity index is 364. The molecule has 0 aromatic rings. The molecule has 8 nitrogen and oxygen atoms in total. The number of thioether (sulfide) groups is 2. The van der Waals surface area contributed by atoms with Gasteiger partial charge in [-0.2, -0.15) is 0 Å². The molecule has 0 spiro atoms. The third-order valence-electron chi connectivity index (χ3n) is 1.33. The van der Waals surface area contributed by atoms with Gasteiger partial charge >= 0.3 is 12.2 Å². The molecule has 0 saturated heterocycles. The average molecular weight is 326 g/mol. The highest BCUT2D eigenvalue weighted by Crippen LogP contribution is 2.03. The van der Waals surface area contributed by atoms with Crippen molar-refractivity contribution in [2.75, 3.05) is 12.5 Å². The van der Waals surface area contributed by atoms with E-state index in [4.69, 9.17) is 0 Å². The molecule has 108 valence electrons. The standard InChI is InChI=1S/C8H14N4O4S3/c1-5(17-3)9-15-7(13)11-19-12-8(14)16-10-6(2)18-4/h9H,1H2,2-4H3,(H,11,13)(H,12,14). The van der Waals surface area contributed by atoms with Gasteiger partial charge in [-0.15, -0.1) is 23.5 Å². The zero-order chi connectivity index (χ0) is 14.7. The number of carbonyl (C=O) groups is 2. The quantitative estimate of drug-likeness (QED) is 0.224. The molecule has 0 rings (SSSR count). The Morgan fingerprint density at radius 3 is 2.37 bits per heavy atom. The summed E-state index contributed by atoms with van der Waals surface area (Å²) in [6, 6.07) is 0. The predicted molar refractivity (Wildman–Crippen MR) is 79.2 cm³/mol. The van der Waals surface area contributed by atoms with Gasteiger partial charge in [-0.1, -0.05) is 11.7 Å². The van der Waals surface area contributed by atoms with Crippen molar-refractivity contribution in [2.45, 2.75) is 6.92 Å². The number of hydrogen-bond acceptors (Lipinski definition) is 9. The predicted octanol–water partition coefficient (Wildman–Crippen LogP) is 2.04. The lowest BCUT2D eigenvalue weighted by Gasteiger charge is -2.07. The van der Waals surface area contributed by atoms with E-state index in [9.17, 15) is 9.59 Å². The van der Waals surface area contributed by atoms with Crippen molar-refractivity contribution in [3.8, 4) is 0 Å². The maximum atomic E-state index is 11.1. The van der Waals surface area contributed by atoms with Crippen molar-refractivity contribution in [3.05, 3.63) is 11.6 Å². The van der Waals surface area contributed by atoms with E-state index in [1.165, 1.54) is 23.5 Å². The molecule has 0 radical (unpaired) electrons. The van der Waals surface area contributed by atoms with E-state index in [-0.39, 0.29) is 0 Å². The highest BCUT2D eigenvalue weighted by Gasteiger charge is 2.06. The van der Waals surface area contributed by atoms with Crippen LogP contribution in [0.3, 0.4) is 0 Å². The lowest BCUT2D eigenvalue weighted by molar-refractivity contribution is 0.116. The molecule has 0 aromatic carbocycles. The van der Waals surface area contributed by atoms with Gasteiger partial charge in [-0.3, -0.25) is 4.84 Å².